The molecule has 0 aromatic rings. The van der Waals surface area contributed by atoms with Crippen LogP contribution < -0.4 is 5.32 Å². The van der Waals surface area contributed by atoms with Crippen molar-refractivity contribution in [1.29, 1.82) is 0 Å². The lowest BCUT2D eigenvalue weighted by atomic mass is 9.99. The second kappa shape index (κ2) is 18.5. The first-order chi connectivity index (χ1) is 13.0. The van der Waals surface area contributed by atoms with Crippen molar-refractivity contribution in [2.45, 2.75) is 110 Å². The van der Waals surface area contributed by atoms with Crippen molar-refractivity contribution in [3.63, 3.8) is 0 Å². The highest BCUT2D eigenvalue weighted by Gasteiger charge is 2.17. The van der Waals surface area contributed by atoms with Gasteiger partial charge >= 0.3 is 0 Å². The third-order valence-electron chi connectivity index (χ3n) is 5.33. The van der Waals surface area contributed by atoms with E-state index in [1.807, 2.05) is 21.0 Å². The summed E-state index contributed by atoms with van der Waals surface area (Å²) in [6.07, 6.45) is 17.0. The van der Waals surface area contributed by atoms with Gasteiger partial charge in [0, 0.05) is 18.4 Å². The maximum atomic E-state index is 12.5. The molecule has 160 valence electrons. The largest absolute Gasteiger partial charge is 0.353 e. The number of aldehydes is 1. The van der Waals surface area contributed by atoms with Gasteiger partial charge in [-0.1, -0.05) is 71.6 Å². The smallest absolute Gasteiger partial charge is 0.223 e. The van der Waals surface area contributed by atoms with Gasteiger partial charge < -0.3 is 15.0 Å². The lowest BCUT2D eigenvalue weighted by molar-refractivity contribution is -0.125. The van der Waals surface area contributed by atoms with Crippen LogP contribution in [0.2, 0.25) is 0 Å². The number of carbonyl (C=O) groups is 2. The topological polar surface area (TPSA) is 49.4 Å². The highest BCUT2D eigenvalue weighted by Crippen LogP contribution is 2.15. The molecule has 2 atom stereocenters. The molecule has 0 aliphatic rings. The summed E-state index contributed by atoms with van der Waals surface area (Å²) in [7, 11) is 4.10. The standard InChI is InChI=1S/C23H46N2O2/c1-5-6-7-8-9-10-13-16-22(17-14-11-12-15-20-26)24-23(27)21(2)18-19-25(3)4/h20-22H,5-19H2,1-4H3,(H,24,27). The number of carbonyl (C=O) groups excluding carboxylic acids is 2. The number of hydrogen-bond donors (Lipinski definition) is 1. The highest BCUT2D eigenvalue weighted by molar-refractivity contribution is 5.78. The summed E-state index contributed by atoms with van der Waals surface area (Å²) in [4.78, 5) is 25.1. The van der Waals surface area contributed by atoms with E-state index in [0.717, 1.165) is 51.4 Å². The van der Waals surface area contributed by atoms with E-state index >= 15 is 0 Å². The van der Waals surface area contributed by atoms with Crippen molar-refractivity contribution in [3.05, 3.63) is 0 Å². The van der Waals surface area contributed by atoms with Crippen molar-refractivity contribution in [2.24, 2.45) is 5.92 Å². The zero-order valence-electron chi connectivity index (χ0n) is 18.6. The molecule has 0 radical (unpaired) electrons. The van der Waals surface area contributed by atoms with Crippen LogP contribution in [0, 0.1) is 5.92 Å². The van der Waals surface area contributed by atoms with E-state index < -0.39 is 0 Å². The Hall–Kier alpha value is -0.900. The van der Waals surface area contributed by atoms with Gasteiger partial charge in [0.1, 0.15) is 6.29 Å². The molecule has 4 heteroatoms. The maximum absolute atomic E-state index is 12.5. The Kier molecular flexibility index (Phi) is 17.8. The van der Waals surface area contributed by atoms with Crippen molar-refractivity contribution in [1.82, 2.24) is 10.2 Å². The molecule has 0 saturated carbocycles. The Morgan fingerprint density at radius 1 is 0.889 bits per heavy atom. The molecule has 4 nitrogen and oxygen atoms in total. The first kappa shape index (κ1) is 26.1. The molecule has 0 spiro atoms. The van der Waals surface area contributed by atoms with Crippen LogP contribution in [-0.2, 0) is 9.59 Å². The molecule has 0 aromatic heterocycles. The fourth-order valence-electron chi connectivity index (χ4n) is 3.36. The molecule has 27 heavy (non-hydrogen) atoms. The van der Waals surface area contributed by atoms with Crippen LogP contribution in [0.3, 0.4) is 0 Å². The lowest BCUT2D eigenvalue weighted by Gasteiger charge is -2.22. The Balaban J connectivity index is 4.21. The van der Waals surface area contributed by atoms with E-state index in [1.54, 1.807) is 0 Å². The summed E-state index contributed by atoms with van der Waals surface area (Å²) in [6, 6.07) is 0.297. The second-order valence-electron chi connectivity index (χ2n) is 8.41. The van der Waals surface area contributed by atoms with Crippen LogP contribution in [0.5, 0.6) is 0 Å². The van der Waals surface area contributed by atoms with E-state index in [-0.39, 0.29) is 11.8 Å². The SMILES string of the molecule is CCCCCCCCCC(CCCCCC=O)NC(=O)C(C)CCN(C)C. The zero-order chi connectivity index (χ0) is 20.3. The van der Waals surface area contributed by atoms with Crippen LogP contribution in [-0.4, -0.2) is 43.8 Å². The predicted octanol–water partition coefficient (Wildman–Crippen LogP) is 5.35. The number of rotatable bonds is 19. The van der Waals surface area contributed by atoms with Crippen LogP contribution in [0.4, 0.5) is 0 Å². The molecule has 2 unspecified atom stereocenters. The van der Waals surface area contributed by atoms with Crippen molar-refractivity contribution >= 4 is 12.2 Å². The Bertz CT molecular complexity index is 358. The average Bonchev–Trinajstić information content (AvgIpc) is 2.64. The van der Waals surface area contributed by atoms with Crippen molar-refractivity contribution in [3.8, 4) is 0 Å². The Morgan fingerprint density at radius 2 is 1.44 bits per heavy atom. The molecule has 0 rings (SSSR count). The third kappa shape index (κ3) is 17.0. The van der Waals surface area contributed by atoms with Crippen molar-refractivity contribution < 1.29 is 9.59 Å². The van der Waals surface area contributed by atoms with E-state index in [1.165, 1.54) is 44.9 Å². The van der Waals surface area contributed by atoms with Crippen LogP contribution >= 0.6 is 0 Å². The molecule has 1 amide bonds. The molecule has 0 bridgehead atoms. The van der Waals surface area contributed by atoms with Gasteiger partial charge in [-0.25, -0.2) is 0 Å². The van der Waals surface area contributed by atoms with E-state index in [9.17, 15) is 9.59 Å². The lowest BCUT2D eigenvalue weighted by Crippen LogP contribution is -2.39. The van der Waals surface area contributed by atoms with Gasteiger partial charge in [-0.3, -0.25) is 4.79 Å². The maximum Gasteiger partial charge on any atom is 0.223 e. The predicted molar refractivity (Wildman–Crippen MR) is 116 cm³/mol. The molecule has 0 aromatic carbocycles. The highest BCUT2D eigenvalue weighted by atomic mass is 16.2. The van der Waals surface area contributed by atoms with Crippen LogP contribution in [0.25, 0.3) is 0 Å². The molecule has 0 fully saturated rings. The zero-order valence-corrected chi connectivity index (χ0v) is 18.6. The van der Waals surface area contributed by atoms with E-state index in [0.29, 0.717) is 12.5 Å². The minimum absolute atomic E-state index is 0.0685. The second-order valence-corrected chi connectivity index (χ2v) is 8.41. The summed E-state index contributed by atoms with van der Waals surface area (Å²) in [5.41, 5.74) is 0. The molecule has 0 aliphatic heterocycles. The van der Waals surface area contributed by atoms with E-state index in [4.69, 9.17) is 0 Å². The van der Waals surface area contributed by atoms with Gasteiger partial charge in [0.05, 0.1) is 0 Å². The minimum Gasteiger partial charge on any atom is -0.353 e. The summed E-state index contributed by atoms with van der Waals surface area (Å²) in [6.45, 7) is 5.23. The quantitative estimate of drug-likeness (QED) is 0.242. The molecule has 0 saturated heterocycles. The third-order valence-corrected chi connectivity index (χ3v) is 5.33. The van der Waals surface area contributed by atoms with Gasteiger partial charge in [-0.15, -0.1) is 0 Å². The number of amides is 1. The van der Waals surface area contributed by atoms with Gasteiger partial charge in [-0.05, 0) is 46.3 Å². The van der Waals surface area contributed by atoms with Gasteiger partial charge in [0.2, 0.25) is 5.91 Å². The van der Waals surface area contributed by atoms with Gasteiger partial charge in [0.15, 0.2) is 0 Å². The van der Waals surface area contributed by atoms with Crippen LogP contribution in [0.1, 0.15) is 104 Å². The number of hydrogen-bond acceptors (Lipinski definition) is 3. The van der Waals surface area contributed by atoms with Gasteiger partial charge in [0.25, 0.3) is 0 Å². The molecular formula is C23H46N2O2. The monoisotopic (exact) mass is 382 g/mol. The number of unbranched alkanes of at least 4 members (excludes halogenated alkanes) is 9. The normalized spacial score (nSPS) is 13.5. The van der Waals surface area contributed by atoms with Crippen molar-refractivity contribution in [2.75, 3.05) is 20.6 Å². The first-order valence-corrected chi connectivity index (χ1v) is 11.4. The van der Waals surface area contributed by atoms with E-state index in [2.05, 4.69) is 17.1 Å². The average molecular weight is 383 g/mol. The summed E-state index contributed by atoms with van der Waals surface area (Å²) >= 11 is 0. The Labute approximate surface area is 168 Å². The molecule has 0 heterocycles. The summed E-state index contributed by atoms with van der Waals surface area (Å²) in [5.74, 6) is 0.275. The minimum atomic E-state index is 0.0685. The Morgan fingerprint density at radius 3 is 2.00 bits per heavy atom. The summed E-state index contributed by atoms with van der Waals surface area (Å²) in [5, 5.41) is 3.32. The fourth-order valence-corrected chi connectivity index (χ4v) is 3.36. The number of nitrogens with one attached hydrogen (secondary N) is 1. The summed E-state index contributed by atoms with van der Waals surface area (Å²) < 4.78 is 0. The van der Waals surface area contributed by atoms with Gasteiger partial charge in [-0.2, -0.15) is 0 Å². The molecular weight excluding hydrogens is 336 g/mol. The molecule has 1 N–H and O–H groups in total. The number of nitrogens with zero attached hydrogens (tertiary/aromatic N) is 1. The van der Waals surface area contributed by atoms with Crippen LogP contribution in [0.15, 0.2) is 0 Å². The molecule has 0 aliphatic carbocycles. The fraction of sp³-hybridized carbons (Fsp3) is 0.913. The first-order valence-electron chi connectivity index (χ1n) is 11.4.